The van der Waals surface area contributed by atoms with Crippen LogP contribution in [0.1, 0.15) is 18.4 Å². The van der Waals surface area contributed by atoms with E-state index in [4.69, 9.17) is 29.8 Å². The van der Waals surface area contributed by atoms with Crippen molar-refractivity contribution in [1.82, 2.24) is 5.32 Å². The Bertz CT molecular complexity index is 512. The van der Waals surface area contributed by atoms with Crippen LogP contribution in [0.5, 0.6) is 11.5 Å². The van der Waals surface area contributed by atoms with Crippen molar-refractivity contribution in [3.63, 3.8) is 0 Å². The number of methoxy groups -OCH3 is 1. The lowest BCUT2D eigenvalue weighted by molar-refractivity contribution is -0.137. The molecule has 0 saturated heterocycles. The van der Waals surface area contributed by atoms with Gasteiger partial charge in [0.05, 0.1) is 40.1 Å². The van der Waals surface area contributed by atoms with Crippen LogP contribution in [0, 0.1) is 0 Å². The smallest absolute Gasteiger partial charge is 0.303 e. The SMILES string of the molecule is COc1ccc(OCCCC(=O)O)cc1CNCCOCCOCCN. The van der Waals surface area contributed by atoms with Crippen molar-refractivity contribution >= 4 is 5.97 Å². The third-order valence-electron chi connectivity index (χ3n) is 3.43. The monoisotopic (exact) mass is 370 g/mol. The highest BCUT2D eigenvalue weighted by Crippen LogP contribution is 2.24. The summed E-state index contributed by atoms with van der Waals surface area (Å²) in [5.41, 5.74) is 6.29. The zero-order valence-electron chi connectivity index (χ0n) is 15.4. The molecule has 0 unspecified atom stereocenters. The number of carbonyl (C=O) groups is 1. The number of aliphatic carboxylic acids is 1. The van der Waals surface area contributed by atoms with Crippen LogP contribution in [-0.4, -0.2) is 64.3 Å². The lowest BCUT2D eigenvalue weighted by Crippen LogP contribution is -2.21. The van der Waals surface area contributed by atoms with Gasteiger partial charge >= 0.3 is 5.97 Å². The zero-order chi connectivity index (χ0) is 19.0. The summed E-state index contributed by atoms with van der Waals surface area (Å²) >= 11 is 0. The summed E-state index contributed by atoms with van der Waals surface area (Å²) in [7, 11) is 1.62. The maximum atomic E-state index is 10.5. The third kappa shape index (κ3) is 10.2. The Morgan fingerprint density at radius 3 is 2.62 bits per heavy atom. The van der Waals surface area contributed by atoms with Crippen molar-refractivity contribution in [1.29, 1.82) is 0 Å². The Kier molecular flexibility index (Phi) is 12.2. The van der Waals surface area contributed by atoms with Crippen LogP contribution in [0.15, 0.2) is 18.2 Å². The second kappa shape index (κ2) is 14.3. The first-order valence-corrected chi connectivity index (χ1v) is 8.75. The van der Waals surface area contributed by atoms with Gasteiger partial charge in [-0.15, -0.1) is 0 Å². The van der Waals surface area contributed by atoms with Crippen molar-refractivity contribution in [3.8, 4) is 11.5 Å². The van der Waals surface area contributed by atoms with Crippen LogP contribution in [0.2, 0.25) is 0 Å². The van der Waals surface area contributed by atoms with E-state index in [-0.39, 0.29) is 6.42 Å². The van der Waals surface area contributed by atoms with Gasteiger partial charge in [-0.25, -0.2) is 0 Å². The minimum absolute atomic E-state index is 0.0990. The number of rotatable bonds is 16. The molecule has 0 aliphatic heterocycles. The predicted octanol–water partition coefficient (Wildman–Crippen LogP) is 1.02. The maximum absolute atomic E-state index is 10.5. The molecule has 1 aromatic carbocycles. The number of benzene rings is 1. The molecule has 0 aliphatic rings. The van der Waals surface area contributed by atoms with E-state index in [1.165, 1.54) is 0 Å². The number of hydrogen-bond donors (Lipinski definition) is 3. The summed E-state index contributed by atoms with van der Waals surface area (Å²) in [5.74, 6) is 0.647. The molecule has 0 radical (unpaired) electrons. The fourth-order valence-corrected chi connectivity index (χ4v) is 2.17. The van der Waals surface area contributed by atoms with Crippen LogP contribution in [0.4, 0.5) is 0 Å². The summed E-state index contributed by atoms with van der Waals surface area (Å²) < 4.78 is 21.6. The first-order chi connectivity index (χ1) is 12.7. The number of ether oxygens (including phenoxy) is 4. The number of carboxylic acid groups (broad SMARTS) is 1. The van der Waals surface area contributed by atoms with Gasteiger partial charge in [0.1, 0.15) is 11.5 Å². The number of carboxylic acids is 1. The molecule has 4 N–H and O–H groups in total. The van der Waals surface area contributed by atoms with Gasteiger partial charge in [0.15, 0.2) is 0 Å². The Balaban J connectivity index is 2.28. The molecule has 8 nitrogen and oxygen atoms in total. The molecule has 0 spiro atoms. The second-order valence-electron chi connectivity index (χ2n) is 5.51. The normalized spacial score (nSPS) is 10.7. The Hall–Kier alpha value is -1.87. The maximum Gasteiger partial charge on any atom is 0.303 e. The molecule has 0 bridgehead atoms. The fraction of sp³-hybridized carbons (Fsp3) is 0.611. The quantitative estimate of drug-likeness (QED) is 0.370. The predicted molar refractivity (Wildman–Crippen MR) is 97.8 cm³/mol. The van der Waals surface area contributed by atoms with E-state index < -0.39 is 5.97 Å². The molecule has 8 heteroatoms. The molecule has 26 heavy (non-hydrogen) atoms. The first kappa shape index (κ1) is 22.2. The zero-order valence-corrected chi connectivity index (χ0v) is 15.4. The van der Waals surface area contributed by atoms with Crippen LogP contribution < -0.4 is 20.5 Å². The van der Waals surface area contributed by atoms with E-state index in [2.05, 4.69) is 5.32 Å². The second-order valence-corrected chi connectivity index (χ2v) is 5.51. The van der Waals surface area contributed by atoms with Crippen molar-refractivity contribution in [3.05, 3.63) is 23.8 Å². The summed E-state index contributed by atoms with van der Waals surface area (Å²) in [6.45, 7) is 4.43. The Morgan fingerprint density at radius 1 is 1.15 bits per heavy atom. The molecule has 1 rings (SSSR count). The lowest BCUT2D eigenvalue weighted by Gasteiger charge is -2.13. The molecule has 0 atom stereocenters. The molecule has 0 aliphatic carbocycles. The van der Waals surface area contributed by atoms with Crippen LogP contribution >= 0.6 is 0 Å². The fourth-order valence-electron chi connectivity index (χ4n) is 2.17. The highest BCUT2D eigenvalue weighted by Gasteiger charge is 2.06. The average molecular weight is 370 g/mol. The summed E-state index contributed by atoms with van der Waals surface area (Å²) in [4.78, 5) is 10.5. The van der Waals surface area contributed by atoms with Gasteiger partial charge in [-0.1, -0.05) is 0 Å². The van der Waals surface area contributed by atoms with Gasteiger partial charge in [0, 0.05) is 31.6 Å². The molecule has 0 aromatic heterocycles. The molecule has 148 valence electrons. The van der Waals surface area contributed by atoms with Gasteiger partial charge < -0.3 is 35.1 Å². The van der Waals surface area contributed by atoms with Gasteiger partial charge in [-0.2, -0.15) is 0 Å². The van der Waals surface area contributed by atoms with E-state index in [0.29, 0.717) is 64.8 Å². The first-order valence-electron chi connectivity index (χ1n) is 8.75. The van der Waals surface area contributed by atoms with Gasteiger partial charge in [0.25, 0.3) is 0 Å². The average Bonchev–Trinajstić information content (AvgIpc) is 2.64. The summed E-state index contributed by atoms with van der Waals surface area (Å²) in [6, 6.07) is 5.55. The lowest BCUT2D eigenvalue weighted by atomic mass is 10.2. The van der Waals surface area contributed by atoms with E-state index in [1.54, 1.807) is 7.11 Å². The minimum Gasteiger partial charge on any atom is -0.496 e. The molecule has 1 aromatic rings. The molecule has 0 amide bonds. The van der Waals surface area contributed by atoms with Crippen molar-refractivity contribution in [2.45, 2.75) is 19.4 Å². The topological polar surface area (TPSA) is 112 Å². The molecular weight excluding hydrogens is 340 g/mol. The van der Waals surface area contributed by atoms with Gasteiger partial charge in [-0.05, 0) is 24.6 Å². The molecule has 0 heterocycles. The summed E-state index contributed by atoms with van der Waals surface area (Å²) in [6.07, 6.45) is 0.573. The van der Waals surface area contributed by atoms with Crippen molar-refractivity contribution in [2.75, 3.05) is 53.2 Å². The van der Waals surface area contributed by atoms with E-state index in [0.717, 1.165) is 11.3 Å². The number of nitrogens with one attached hydrogen (secondary N) is 1. The Labute approximate surface area is 154 Å². The van der Waals surface area contributed by atoms with E-state index in [9.17, 15) is 4.79 Å². The van der Waals surface area contributed by atoms with Crippen LogP contribution in [-0.2, 0) is 20.8 Å². The van der Waals surface area contributed by atoms with Gasteiger partial charge in [-0.3, -0.25) is 4.79 Å². The largest absolute Gasteiger partial charge is 0.496 e. The van der Waals surface area contributed by atoms with E-state index in [1.807, 2.05) is 18.2 Å². The highest BCUT2D eigenvalue weighted by molar-refractivity contribution is 5.66. The van der Waals surface area contributed by atoms with Gasteiger partial charge in [0.2, 0.25) is 0 Å². The van der Waals surface area contributed by atoms with Crippen molar-refractivity contribution in [2.24, 2.45) is 5.73 Å². The highest BCUT2D eigenvalue weighted by atomic mass is 16.5. The van der Waals surface area contributed by atoms with Crippen LogP contribution in [0.3, 0.4) is 0 Å². The minimum atomic E-state index is -0.818. The Morgan fingerprint density at radius 2 is 1.92 bits per heavy atom. The third-order valence-corrected chi connectivity index (χ3v) is 3.43. The summed E-state index contributed by atoms with van der Waals surface area (Å²) in [5, 5.41) is 11.9. The van der Waals surface area contributed by atoms with E-state index >= 15 is 0 Å². The molecule has 0 fully saturated rings. The number of hydrogen-bond acceptors (Lipinski definition) is 7. The molecule has 0 saturated carbocycles. The van der Waals surface area contributed by atoms with Crippen LogP contribution in [0.25, 0.3) is 0 Å². The number of nitrogens with two attached hydrogens (primary N) is 1. The molecular formula is C18H30N2O6. The van der Waals surface area contributed by atoms with Crippen molar-refractivity contribution < 1.29 is 28.8 Å². The standard InChI is InChI=1S/C18H30N2O6/c1-23-17-5-4-16(26-8-2-3-18(21)22)13-15(17)14-20-7-10-25-12-11-24-9-6-19/h4-5,13,20H,2-3,6-12,14,19H2,1H3,(H,21,22).